The first-order valence-electron chi connectivity index (χ1n) is 2.74. The van der Waals surface area contributed by atoms with Gasteiger partial charge >= 0.3 is 10.2 Å². The van der Waals surface area contributed by atoms with E-state index in [0.29, 0.717) is 0 Å². The van der Waals surface area contributed by atoms with E-state index in [2.05, 4.69) is 9.68 Å². The quantitative estimate of drug-likeness (QED) is 0.457. The summed E-state index contributed by atoms with van der Waals surface area (Å²) in [7, 11) is 0. The molecule has 0 amide bonds. The molecule has 0 spiro atoms. The topological polar surface area (TPSA) is 99.1 Å². The van der Waals surface area contributed by atoms with Crippen molar-refractivity contribution in [2.75, 3.05) is 12.5 Å². The zero-order chi connectivity index (χ0) is 9.56. The largest absolute Gasteiger partial charge is 0.475 e. The van der Waals surface area contributed by atoms with Crippen molar-refractivity contribution >= 4 is 11.6 Å². The third-order valence-electron chi connectivity index (χ3n) is 0.782. The van der Waals surface area contributed by atoms with E-state index in [-0.39, 0.29) is 5.88 Å². The van der Waals surface area contributed by atoms with Crippen molar-refractivity contribution in [1.82, 2.24) is 0 Å². The molecular formula is C3H7ClN2O6+2. The van der Waals surface area contributed by atoms with Crippen LogP contribution in [-0.4, -0.2) is 39.2 Å². The highest BCUT2D eigenvalue weighted by Gasteiger charge is 2.23. The minimum absolute atomic E-state index is 0.187. The highest BCUT2D eigenvalue weighted by Crippen LogP contribution is 1.96. The summed E-state index contributed by atoms with van der Waals surface area (Å²) >= 11 is 5.21. The Hall–Kier alpha value is -1.31. The molecule has 12 heavy (non-hydrogen) atoms. The summed E-state index contributed by atoms with van der Waals surface area (Å²) < 4.78 is 0. The van der Waals surface area contributed by atoms with Crippen molar-refractivity contribution in [1.29, 1.82) is 0 Å². The average Bonchev–Trinajstić information content (AvgIpc) is 1.97. The Morgan fingerprint density at radius 3 is 2.25 bits per heavy atom. The molecule has 1 atom stereocenters. The van der Waals surface area contributed by atoms with E-state index in [1.807, 2.05) is 0 Å². The zero-order valence-corrected chi connectivity index (χ0v) is 6.55. The first-order valence-corrected chi connectivity index (χ1v) is 3.27. The molecule has 0 saturated heterocycles. The molecular weight excluding hydrogens is 195 g/mol. The lowest BCUT2D eigenvalue weighted by Gasteiger charge is -1.98. The van der Waals surface area contributed by atoms with E-state index in [9.17, 15) is 9.81 Å². The van der Waals surface area contributed by atoms with Crippen LogP contribution in [0.5, 0.6) is 0 Å². The van der Waals surface area contributed by atoms with E-state index in [0.717, 1.165) is 0 Å². The fourth-order valence-corrected chi connectivity index (χ4v) is 0.523. The van der Waals surface area contributed by atoms with E-state index < -0.39 is 22.9 Å². The van der Waals surface area contributed by atoms with Crippen LogP contribution < -0.4 is 0 Å². The summed E-state index contributed by atoms with van der Waals surface area (Å²) in [6.07, 6.45) is -1.02. The summed E-state index contributed by atoms with van der Waals surface area (Å²) in [5.74, 6) is -0.187. The second kappa shape index (κ2) is 5.35. The standard InChI is InChI=1S/C3H7ClN2O6/c4-1-3(12-6(9)10)2-11-5(7)8/h3H,1-2H2,(H,7,8)(H,9,10)/q+2. The molecule has 0 rings (SSSR count). The fourth-order valence-electron chi connectivity index (χ4n) is 0.378. The van der Waals surface area contributed by atoms with Crippen LogP contribution in [0.4, 0.5) is 0 Å². The van der Waals surface area contributed by atoms with Crippen LogP contribution in [0.1, 0.15) is 0 Å². The molecule has 0 aliphatic carbocycles. The maximum absolute atomic E-state index is 9.84. The van der Waals surface area contributed by atoms with Gasteiger partial charge in [0.1, 0.15) is 9.81 Å². The van der Waals surface area contributed by atoms with Gasteiger partial charge in [0.15, 0.2) is 0 Å². The van der Waals surface area contributed by atoms with Crippen LogP contribution in [-0.2, 0) is 9.68 Å². The Morgan fingerprint density at radius 2 is 1.92 bits per heavy atom. The van der Waals surface area contributed by atoms with Crippen molar-refractivity contribution in [2.24, 2.45) is 0 Å². The van der Waals surface area contributed by atoms with Crippen molar-refractivity contribution in [3.63, 3.8) is 0 Å². The Balaban J connectivity index is 3.67. The summed E-state index contributed by atoms with van der Waals surface area (Å²) in [5.41, 5.74) is 0. The molecule has 0 heterocycles. The minimum atomic E-state index is -1.02. The maximum atomic E-state index is 9.84. The van der Waals surface area contributed by atoms with Crippen molar-refractivity contribution in [3.05, 3.63) is 9.81 Å². The van der Waals surface area contributed by atoms with Crippen molar-refractivity contribution in [3.8, 4) is 0 Å². The van der Waals surface area contributed by atoms with Crippen LogP contribution >= 0.6 is 11.6 Å². The lowest BCUT2D eigenvalue weighted by atomic mass is 10.4. The first kappa shape index (κ1) is 10.7. The van der Waals surface area contributed by atoms with Gasteiger partial charge in [-0.2, -0.15) is 9.68 Å². The molecule has 8 nitrogen and oxygen atoms in total. The molecule has 0 aromatic carbocycles. The number of hydrogen-bond donors (Lipinski definition) is 2. The molecule has 0 radical (unpaired) electrons. The van der Waals surface area contributed by atoms with Gasteiger partial charge in [-0.25, -0.2) is 10.4 Å². The number of nitrogens with zero attached hydrogens (tertiary/aromatic N) is 2. The van der Waals surface area contributed by atoms with Crippen LogP contribution in [0.2, 0.25) is 0 Å². The lowest BCUT2D eigenvalue weighted by Crippen LogP contribution is -2.27. The number of rotatable bonds is 6. The number of halogens is 1. The third-order valence-corrected chi connectivity index (χ3v) is 1.13. The average molecular weight is 203 g/mol. The second-order valence-electron chi connectivity index (χ2n) is 1.65. The fraction of sp³-hybridized carbons (Fsp3) is 1.00. The smallest absolute Gasteiger partial charge is 0.200 e. The predicted octanol–water partition coefficient (Wildman–Crippen LogP) is -0.207. The Bertz CT molecular complexity index is 174. The molecule has 9 heteroatoms. The van der Waals surface area contributed by atoms with Crippen molar-refractivity contribution in [2.45, 2.75) is 6.10 Å². The first-order chi connectivity index (χ1) is 5.56. The molecule has 1 unspecified atom stereocenters. The second-order valence-corrected chi connectivity index (χ2v) is 1.96. The van der Waals surface area contributed by atoms with Gasteiger partial charge in [-0.1, -0.05) is 0 Å². The van der Waals surface area contributed by atoms with E-state index >= 15 is 0 Å². The van der Waals surface area contributed by atoms with Crippen LogP contribution in [0.15, 0.2) is 0 Å². The highest BCUT2D eigenvalue weighted by atomic mass is 35.5. The SMILES string of the molecule is O=[N+](O)OCC(CCl)O[N+](=O)O. The Labute approximate surface area is 71.2 Å². The molecule has 0 aliphatic heterocycles. The van der Waals surface area contributed by atoms with Crippen LogP contribution in [0, 0.1) is 9.81 Å². The van der Waals surface area contributed by atoms with Gasteiger partial charge in [-0.3, -0.25) is 0 Å². The normalized spacial score (nSPS) is 11.8. The molecule has 0 bridgehead atoms. The van der Waals surface area contributed by atoms with Crippen LogP contribution in [0.25, 0.3) is 0 Å². The molecule has 0 fully saturated rings. The van der Waals surface area contributed by atoms with Crippen molar-refractivity contribution < 1.29 is 30.3 Å². The summed E-state index contributed by atoms with van der Waals surface area (Å²) in [6.45, 7) is -0.456. The van der Waals surface area contributed by atoms with Crippen LogP contribution in [0.3, 0.4) is 0 Å². The van der Waals surface area contributed by atoms with E-state index in [4.69, 9.17) is 22.0 Å². The molecule has 2 N–H and O–H groups in total. The summed E-state index contributed by atoms with van der Waals surface area (Å²) in [4.78, 5) is 27.6. The van der Waals surface area contributed by atoms with Gasteiger partial charge in [0.2, 0.25) is 12.7 Å². The molecule has 0 aromatic rings. The highest BCUT2D eigenvalue weighted by molar-refractivity contribution is 6.18. The maximum Gasteiger partial charge on any atom is 0.475 e. The van der Waals surface area contributed by atoms with E-state index in [1.54, 1.807) is 0 Å². The zero-order valence-electron chi connectivity index (χ0n) is 5.79. The Morgan fingerprint density at radius 1 is 1.33 bits per heavy atom. The monoisotopic (exact) mass is 202 g/mol. The third kappa shape index (κ3) is 5.47. The predicted molar refractivity (Wildman–Crippen MR) is 32.4 cm³/mol. The number of alkyl halides is 1. The lowest BCUT2D eigenvalue weighted by molar-refractivity contribution is -0.994. The van der Waals surface area contributed by atoms with Gasteiger partial charge < -0.3 is 0 Å². The van der Waals surface area contributed by atoms with Gasteiger partial charge in [-0.05, 0) is 0 Å². The summed E-state index contributed by atoms with van der Waals surface area (Å²) in [6, 6.07) is 0. The minimum Gasteiger partial charge on any atom is -0.200 e. The Kier molecular flexibility index (Phi) is 4.77. The van der Waals surface area contributed by atoms with Gasteiger partial charge in [0.25, 0.3) is 0 Å². The molecule has 0 aliphatic rings. The molecule has 70 valence electrons. The van der Waals surface area contributed by atoms with Gasteiger partial charge in [-0.15, -0.1) is 11.6 Å². The van der Waals surface area contributed by atoms with Gasteiger partial charge in [0.05, 0.1) is 5.88 Å². The number of hydrogen-bond acceptors (Lipinski definition) is 4. The van der Waals surface area contributed by atoms with Gasteiger partial charge in [0, 0.05) is 0 Å². The molecule has 0 saturated carbocycles. The molecule has 0 aromatic heterocycles. The summed E-state index contributed by atoms with van der Waals surface area (Å²) in [5, 5.41) is 14.3. The van der Waals surface area contributed by atoms with E-state index in [1.165, 1.54) is 0 Å².